The van der Waals surface area contributed by atoms with Gasteiger partial charge in [-0.25, -0.2) is 59.8 Å². The molecule has 39 nitrogen and oxygen atoms in total. The van der Waals surface area contributed by atoms with Gasteiger partial charge in [0.25, 0.3) is 0 Å². The Morgan fingerprint density at radius 2 is 0.806 bits per heavy atom. The number of aliphatic hydroxyl groups is 2. The summed E-state index contributed by atoms with van der Waals surface area (Å²) in [6, 6.07) is 16.5. The number of aliphatic hydroxyl groups excluding tert-OH is 2. The van der Waals surface area contributed by atoms with E-state index >= 15 is 0 Å². The second-order valence-corrected chi connectivity index (χ2v) is 31.0. The predicted molar refractivity (Wildman–Crippen MR) is 468 cm³/mol. The molecule has 16 rings (SSSR count). The molecule has 2 amide bonds. The van der Waals surface area contributed by atoms with Crippen molar-refractivity contribution < 1.29 is 53.1 Å². The van der Waals surface area contributed by atoms with Gasteiger partial charge in [-0.1, -0.05) is 24.3 Å². The Labute approximate surface area is 717 Å². The SMILES string of the molecule is CC(C)n1cnc2c(-c3cnc(N)nc3)nc(N3CCC(C(=O)CO)CC3)nc21.CNC(=O)CCCCCOc1cccc(-c2nc(N3CCOCC3)nc3c2ncn3C(C)C)c1.CNC(=O)CCCOc1cccc(-c2nc(N3CCOCC3)nc3c2ncn3C(C)C)c1.Nc1ncc(-c2nc(N3CCOCC3)nc3c2ncn3CCCC(=O)CO)cn1. The van der Waals surface area contributed by atoms with E-state index in [1.54, 1.807) is 51.5 Å². The lowest BCUT2D eigenvalue weighted by Gasteiger charge is -2.31. The monoisotopic (exact) mass is 1700 g/mol. The molecule has 0 spiro atoms. The van der Waals surface area contributed by atoms with Gasteiger partial charge < -0.3 is 93.9 Å². The highest BCUT2D eigenvalue weighted by molar-refractivity contribution is 5.92. The number of aromatic nitrogens is 20. The van der Waals surface area contributed by atoms with Gasteiger partial charge in [-0.05, 0) is 111 Å². The standard InChI is InChI=1S/C25H34N6O3.C23H30N6O3.C19H24N8O2.C18H22N8O3/c1-18(2)31-17-27-23-22(28-25(29-24(23)31)30-11-14-33-15-12-30)19-8-7-9-20(16-19)34-13-6-4-5-10-21(32)26-3;1-16(2)29-15-25-21-20(26-23(27-22(21)29)28-9-12-31-13-10-28)17-6-4-7-18(14-17)32-11-5-8-19(30)24-3;1-11(2)27-10-23-16-15(13-7-21-18(20)22-8-13)24-19(25-17(16)27)26-5-3-12(4-6-26)14(29)9-28;19-17-20-8-12(9-21-17)14-15-16(24-18(23-14)25-4-6-29-7-5-25)26(11-22-15)3-1-2-13(28)10-27/h7-9,16-18H,4-6,10-15H2,1-3H3,(H,26,32);4,6-7,14-16H,5,8-13H2,1-3H3,(H,24,30);7-8,10-12,28H,3-6,9H2,1-2H3,(H2,20,21,22);8-9,11,27H,1-7,10H2,(H2,19,20,21). The maximum absolute atomic E-state index is 11.8. The van der Waals surface area contributed by atoms with E-state index in [1.165, 1.54) is 0 Å². The molecule has 14 heterocycles. The number of aryl methyl sites for hydroxylation is 1. The molecule has 0 saturated carbocycles. The average molecular weight is 1700 g/mol. The number of anilines is 6. The van der Waals surface area contributed by atoms with E-state index < -0.39 is 13.2 Å². The number of fused-ring (bicyclic) bond motifs is 4. The molecule has 4 aliphatic heterocycles. The molecule has 12 aromatic rings. The van der Waals surface area contributed by atoms with Crippen LogP contribution in [0.15, 0.2) is 98.6 Å². The Morgan fingerprint density at radius 3 is 1.20 bits per heavy atom. The van der Waals surface area contributed by atoms with Gasteiger partial charge in [0.05, 0.1) is 78.2 Å². The number of unbranched alkanes of at least 4 members (excludes halogenated alkanes) is 2. The van der Waals surface area contributed by atoms with E-state index in [4.69, 9.17) is 85.2 Å². The van der Waals surface area contributed by atoms with Gasteiger partial charge in [-0.3, -0.25) is 19.2 Å². The van der Waals surface area contributed by atoms with E-state index in [-0.39, 0.29) is 59.3 Å². The Hall–Kier alpha value is -12.7. The van der Waals surface area contributed by atoms with Crippen molar-refractivity contribution in [3.05, 3.63) is 98.6 Å². The Bertz CT molecular complexity index is 5560. The number of rotatable bonds is 30. The number of ether oxygens (including phenoxy) is 5. The van der Waals surface area contributed by atoms with Crippen LogP contribution in [0.3, 0.4) is 0 Å². The number of amides is 2. The van der Waals surface area contributed by atoms with Gasteiger partial charge in [0.15, 0.2) is 34.2 Å². The van der Waals surface area contributed by atoms with Crippen molar-refractivity contribution in [2.24, 2.45) is 5.92 Å². The molecule has 8 N–H and O–H groups in total. The van der Waals surface area contributed by atoms with Crippen LogP contribution in [0.1, 0.15) is 124 Å². The fraction of sp³-hybridized carbons (Fsp3) is 0.482. The number of nitrogens with one attached hydrogen (secondary N) is 2. The molecule has 39 heteroatoms. The first-order valence-electron chi connectivity index (χ1n) is 42.3. The quantitative estimate of drug-likeness (QED) is 0.0235. The number of nitrogens with two attached hydrogens (primary N) is 2. The second-order valence-electron chi connectivity index (χ2n) is 31.0. The van der Waals surface area contributed by atoms with Crippen LogP contribution in [0.4, 0.5) is 35.7 Å². The number of ketones is 2. The number of hydrogen-bond donors (Lipinski definition) is 6. The largest absolute Gasteiger partial charge is 0.494 e. The maximum atomic E-state index is 11.8. The smallest absolute Gasteiger partial charge is 0.228 e. The molecule has 0 aliphatic carbocycles. The molecule has 0 bridgehead atoms. The highest BCUT2D eigenvalue weighted by Crippen LogP contribution is 2.36. The number of morpholine rings is 3. The van der Waals surface area contributed by atoms with Crippen LogP contribution < -0.4 is 51.2 Å². The summed E-state index contributed by atoms with van der Waals surface area (Å²) in [4.78, 5) is 128. The van der Waals surface area contributed by atoms with Crippen LogP contribution in [0.5, 0.6) is 11.5 Å². The van der Waals surface area contributed by atoms with Gasteiger partial charge >= 0.3 is 0 Å². The zero-order valence-electron chi connectivity index (χ0n) is 71.5. The third-order valence-electron chi connectivity index (χ3n) is 21.4. The fourth-order valence-corrected chi connectivity index (χ4v) is 14.5. The summed E-state index contributed by atoms with van der Waals surface area (Å²) in [5.74, 6) is 4.20. The molecule has 0 radical (unpaired) electrons. The van der Waals surface area contributed by atoms with Gasteiger partial charge in [-0.2, -0.15) is 19.9 Å². The molecular weight excluding hydrogens is 1590 g/mol. The molecule has 4 saturated heterocycles. The zero-order valence-corrected chi connectivity index (χ0v) is 71.5. The first-order valence-corrected chi connectivity index (χ1v) is 42.3. The number of Topliss-reactive ketones (excluding diaryl/α,β-unsaturated/α-hetero) is 2. The fourth-order valence-electron chi connectivity index (χ4n) is 14.5. The van der Waals surface area contributed by atoms with Crippen LogP contribution in [0, 0.1) is 5.92 Å². The van der Waals surface area contributed by atoms with Crippen molar-refractivity contribution in [3.63, 3.8) is 0 Å². The number of benzene rings is 2. The summed E-state index contributed by atoms with van der Waals surface area (Å²) >= 11 is 0. The highest BCUT2D eigenvalue weighted by atomic mass is 16.5. The molecule has 4 fully saturated rings. The normalized spacial score (nSPS) is 14.5. The van der Waals surface area contributed by atoms with E-state index in [0.29, 0.717) is 194 Å². The van der Waals surface area contributed by atoms with Crippen molar-refractivity contribution >= 4 is 104 Å². The van der Waals surface area contributed by atoms with Crippen LogP contribution in [0.2, 0.25) is 0 Å². The molecule has 10 aromatic heterocycles. The van der Waals surface area contributed by atoms with Crippen molar-refractivity contribution in [1.29, 1.82) is 0 Å². The van der Waals surface area contributed by atoms with Gasteiger partial charge in [0.1, 0.15) is 69.6 Å². The molecule has 2 aromatic carbocycles. The molecule has 656 valence electrons. The maximum Gasteiger partial charge on any atom is 0.228 e. The predicted octanol–water partition coefficient (Wildman–Crippen LogP) is 7.68. The van der Waals surface area contributed by atoms with Gasteiger partial charge in [-0.15, -0.1) is 0 Å². The number of piperidine rings is 1. The third kappa shape index (κ3) is 22.4. The molecule has 4 aliphatic rings. The van der Waals surface area contributed by atoms with Crippen LogP contribution in [0.25, 0.3) is 89.7 Å². The van der Waals surface area contributed by atoms with Crippen molar-refractivity contribution in [3.8, 4) is 56.5 Å². The third-order valence-corrected chi connectivity index (χ3v) is 21.4. The number of hydrogen-bond acceptors (Lipinski definition) is 33. The van der Waals surface area contributed by atoms with E-state index in [2.05, 4.69) is 121 Å². The summed E-state index contributed by atoms with van der Waals surface area (Å²) < 4.78 is 36.4. The molecule has 124 heavy (non-hydrogen) atoms. The minimum Gasteiger partial charge on any atom is -0.494 e. The van der Waals surface area contributed by atoms with Gasteiger partial charge in [0, 0.05) is 163 Å². The first kappa shape index (κ1) is 89.0. The summed E-state index contributed by atoms with van der Waals surface area (Å²) in [5.41, 5.74) is 23.3. The lowest BCUT2D eigenvalue weighted by molar-refractivity contribution is -0.126. The van der Waals surface area contributed by atoms with E-state index in [9.17, 15) is 19.2 Å². The Morgan fingerprint density at radius 1 is 0.435 bits per heavy atom. The highest BCUT2D eigenvalue weighted by Gasteiger charge is 2.30. The van der Waals surface area contributed by atoms with E-state index in [1.807, 2.05) is 70.3 Å². The average Bonchev–Trinajstić information content (AvgIpc) is 1.60. The van der Waals surface area contributed by atoms with Gasteiger partial charge in [0.2, 0.25) is 47.5 Å². The summed E-state index contributed by atoms with van der Waals surface area (Å²) in [5, 5.41) is 23.3. The zero-order chi connectivity index (χ0) is 87.2. The van der Waals surface area contributed by atoms with Crippen LogP contribution in [-0.4, -0.2) is 264 Å². The minimum atomic E-state index is -0.435. The lowest BCUT2D eigenvalue weighted by Crippen LogP contribution is -2.38. The summed E-state index contributed by atoms with van der Waals surface area (Å²) in [7, 11) is 3.31. The first-order chi connectivity index (χ1) is 60.3. The number of imidazole rings is 4. The Kier molecular flexibility index (Phi) is 30.8. The second kappa shape index (κ2) is 42.9. The molecular formula is C85H110N28O11. The van der Waals surface area contributed by atoms with Crippen molar-refractivity contribution in [1.82, 2.24) is 109 Å². The molecule has 0 unspecified atom stereocenters. The summed E-state index contributed by atoms with van der Waals surface area (Å²) in [6.45, 7) is 23.1. The Balaban J connectivity index is 0.000000142. The van der Waals surface area contributed by atoms with Crippen LogP contribution in [-0.2, 0) is 39.9 Å². The van der Waals surface area contributed by atoms with Crippen molar-refractivity contribution in [2.45, 2.75) is 130 Å². The topological polar surface area (TPSA) is 470 Å². The number of carbonyl (C=O) groups is 4. The number of carbonyl (C=O) groups excluding carboxylic acids is 4. The lowest BCUT2D eigenvalue weighted by atomic mass is 9.93. The summed E-state index contributed by atoms with van der Waals surface area (Å²) in [6.07, 6.45) is 20.2. The number of nitrogen functional groups attached to an aromatic ring is 2. The van der Waals surface area contributed by atoms with Crippen LogP contribution >= 0.6 is 0 Å². The van der Waals surface area contributed by atoms with Crippen molar-refractivity contribution in [2.75, 3.05) is 164 Å². The minimum absolute atomic E-state index is 0.0158. The molecule has 0 atom stereocenters. The van der Waals surface area contributed by atoms with E-state index in [0.717, 1.165) is 107 Å². The number of nitrogens with zero attached hydrogens (tertiary/aromatic N) is 24.